The molecule has 0 saturated carbocycles. The molecular formula is C28H21ClN2O5S. The highest BCUT2D eigenvalue weighted by atomic mass is 35.5. The second kappa shape index (κ2) is 10.5. The first kappa shape index (κ1) is 24.7. The summed E-state index contributed by atoms with van der Waals surface area (Å²) >= 11 is 7.42. The molecule has 0 aliphatic heterocycles. The quantitative estimate of drug-likeness (QED) is 0.284. The molecule has 2 heterocycles. The van der Waals surface area contributed by atoms with Crippen LogP contribution in [0, 0.1) is 0 Å². The monoisotopic (exact) mass is 532 g/mol. The van der Waals surface area contributed by atoms with E-state index < -0.39 is 23.3 Å². The van der Waals surface area contributed by atoms with E-state index in [0.29, 0.717) is 21.9 Å². The van der Waals surface area contributed by atoms with Gasteiger partial charge in [-0.15, -0.1) is 0 Å². The zero-order chi connectivity index (χ0) is 25.9. The van der Waals surface area contributed by atoms with Crippen LogP contribution < -0.4 is 11.2 Å². The van der Waals surface area contributed by atoms with E-state index in [2.05, 4.69) is 0 Å². The third-order valence-electron chi connectivity index (χ3n) is 5.96. The lowest BCUT2D eigenvalue weighted by molar-refractivity contribution is -0.141. The maximum absolute atomic E-state index is 13.7. The van der Waals surface area contributed by atoms with Crippen molar-refractivity contribution in [1.82, 2.24) is 9.13 Å². The van der Waals surface area contributed by atoms with Crippen molar-refractivity contribution in [1.29, 1.82) is 0 Å². The van der Waals surface area contributed by atoms with Crippen molar-refractivity contribution in [3.8, 4) is 0 Å². The Morgan fingerprint density at radius 3 is 2.35 bits per heavy atom. The third-order valence-corrected chi connectivity index (χ3v) is 7.21. The van der Waals surface area contributed by atoms with Gasteiger partial charge in [0.15, 0.2) is 0 Å². The summed E-state index contributed by atoms with van der Waals surface area (Å²) in [6.45, 7) is 0.0456. The summed E-state index contributed by atoms with van der Waals surface area (Å²) in [5.41, 5.74) is -0.272. The van der Waals surface area contributed by atoms with Gasteiger partial charge in [-0.25, -0.2) is 14.2 Å². The third kappa shape index (κ3) is 5.26. The highest BCUT2D eigenvalue weighted by Gasteiger charge is 2.27. The van der Waals surface area contributed by atoms with E-state index in [4.69, 9.17) is 16.0 Å². The minimum Gasteiger partial charge on any atom is -0.480 e. The van der Waals surface area contributed by atoms with Crippen LogP contribution in [0.5, 0.6) is 0 Å². The largest absolute Gasteiger partial charge is 0.480 e. The van der Waals surface area contributed by atoms with Gasteiger partial charge in [-0.3, -0.25) is 9.36 Å². The Morgan fingerprint density at radius 2 is 1.68 bits per heavy atom. The molecule has 0 aliphatic carbocycles. The smallest absolute Gasteiger partial charge is 0.332 e. The SMILES string of the molecule is O=C(O)[C@H](Cc1ccccc1)n1c(=O)c2cc(Sc3ccc(Cl)cc3)ccc2n(Cc2ccco2)c1=O. The van der Waals surface area contributed by atoms with E-state index in [1.165, 1.54) is 22.6 Å². The number of furan rings is 1. The van der Waals surface area contributed by atoms with Gasteiger partial charge in [0, 0.05) is 21.2 Å². The molecule has 2 aromatic heterocycles. The Hall–Kier alpha value is -4.01. The van der Waals surface area contributed by atoms with Gasteiger partial charge in [-0.1, -0.05) is 53.7 Å². The number of benzene rings is 3. The standard InChI is InChI=1S/C28H21ClN2O5S/c29-19-8-10-21(11-9-19)37-22-12-13-24-23(16-22)26(32)31(28(35)30(24)17-20-7-4-14-36-20)25(27(33)34)15-18-5-2-1-3-6-18/h1-14,16,25H,15,17H2,(H,33,34)/t25-/m0/s1. The molecule has 1 N–H and O–H groups in total. The highest BCUT2D eigenvalue weighted by Crippen LogP contribution is 2.30. The topological polar surface area (TPSA) is 94.4 Å². The number of carbonyl (C=O) groups is 1. The Labute approximate surface area is 220 Å². The lowest BCUT2D eigenvalue weighted by Gasteiger charge is -2.19. The average Bonchev–Trinajstić information content (AvgIpc) is 3.41. The zero-order valence-corrected chi connectivity index (χ0v) is 21.0. The highest BCUT2D eigenvalue weighted by molar-refractivity contribution is 7.99. The number of hydrogen-bond donors (Lipinski definition) is 1. The Kier molecular flexibility index (Phi) is 7.03. The van der Waals surface area contributed by atoms with Crippen LogP contribution in [-0.4, -0.2) is 20.2 Å². The minimum absolute atomic E-state index is 0.0171. The molecule has 1 atom stereocenters. The number of carboxylic acid groups (broad SMARTS) is 1. The van der Waals surface area contributed by atoms with Gasteiger partial charge in [0.1, 0.15) is 11.8 Å². The number of fused-ring (bicyclic) bond motifs is 1. The van der Waals surface area contributed by atoms with Crippen molar-refractivity contribution in [3.05, 3.63) is 128 Å². The number of halogens is 1. The van der Waals surface area contributed by atoms with Gasteiger partial charge in [0.25, 0.3) is 5.56 Å². The van der Waals surface area contributed by atoms with Crippen molar-refractivity contribution in [2.45, 2.75) is 28.8 Å². The molecular weight excluding hydrogens is 512 g/mol. The fourth-order valence-corrected chi connectivity index (χ4v) is 5.17. The molecule has 0 bridgehead atoms. The Bertz CT molecular complexity index is 1680. The number of aromatic nitrogens is 2. The second-order valence-electron chi connectivity index (χ2n) is 8.40. The second-order valence-corrected chi connectivity index (χ2v) is 9.99. The van der Waals surface area contributed by atoms with Crippen LogP contribution in [0.1, 0.15) is 17.4 Å². The van der Waals surface area contributed by atoms with E-state index in [1.807, 2.05) is 24.3 Å². The first-order valence-corrected chi connectivity index (χ1v) is 12.6. The van der Waals surface area contributed by atoms with Crippen LogP contribution in [0.4, 0.5) is 0 Å². The molecule has 186 valence electrons. The van der Waals surface area contributed by atoms with Gasteiger partial charge in [0.05, 0.1) is 23.7 Å². The summed E-state index contributed by atoms with van der Waals surface area (Å²) in [7, 11) is 0. The van der Waals surface area contributed by atoms with E-state index in [-0.39, 0.29) is 18.4 Å². The van der Waals surface area contributed by atoms with E-state index in [9.17, 15) is 19.5 Å². The molecule has 0 radical (unpaired) electrons. The predicted molar refractivity (Wildman–Crippen MR) is 143 cm³/mol. The summed E-state index contributed by atoms with van der Waals surface area (Å²) < 4.78 is 7.68. The molecule has 5 rings (SSSR count). The Morgan fingerprint density at radius 1 is 0.946 bits per heavy atom. The average molecular weight is 533 g/mol. The Balaban J connectivity index is 1.69. The van der Waals surface area contributed by atoms with Crippen molar-refractivity contribution >= 4 is 40.2 Å². The number of hydrogen-bond acceptors (Lipinski definition) is 5. The number of rotatable bonds is 8. The summed E-state index contributed by atoms with van der Waals surface area (Å²) in [4.78, 5) is 41.4. The van der Waals surface area contributed by atoms with Crippen molar-refractivity contribution in [2.24, 2.45) is 0 Å². The fraction of sp³-hybridized carbons (Fsp3) is 0.107. The zero-order valence-electron chi connectivity index (χ0n) is 19.4. The normalized spacial score (nSPS) is 12.0. The molecule has 9 heteroatoms. The van der Waals surface area contributed by atoms with Crippen molar-refractivity contribution < 1.29 is 14.3 Å². The lowest BCUT2D eigenvalue weighted by atomic mass is 10.1. The molecule has 0 spiro atoms. The predicted octanol–water partition coefficient (Wildman–Crippen LogP) is 5.48. The first-order valence-electron chi connectivity index (χ1n) is 11.4. The van der Waals surface area contributed by atoms with E-state index in [1.54, 1.807) is 60.7 Å². The molecule has 0 amide bonds. The van der Waals surface area contributed by atoms with Crippen molar-refractivity contribution in [2.75, 3.05) is 0 Å². The molecule has 3 aromatic carbocycles. The molecule has 0 fully saturated rings. The van der Waals surface area contributed by atoms with Gasteiger partial charge < -0.3 is 9.52 Å². The number of carboxylic acids is 1. The number of nitrogens with zero attached hydrogens (tertiary/aromatic N) is 2. The fourth-order valence-electron chi connectivity index (χ4n) is 4.19. The van der Waals surface area contributed by atoms with Gasteiger partial charge in [-0.05, 0) is 60.2 Å². The van der Waals surface area contributed by atoms with Crippen LogP contribution in [0.3, 0.4) is 0 Å². The summed E-state index contributed by atoms with van der Waals surface area (Å²) in [5, 5.41) is 10.9. The maximum atomic E-state index is 13.7. The maximum Gasteiger partial charge on any atom is 0.332 e. The molecule has 0 saturated heterocycles. The minimum atomic E-state index is -1.39. The van der Waals surface area contributed by atoms with Crippen LogP contribution in [0.2, 0.25) is 5.02 Å². The van der Waals surface area contributed by atoms with Crippen LogP contribution in [0.25, 0.3) is 10.9 Å². The first-order chi connectivity index (χ1) is 17.9. The molecule has 5 aromatic rings. The molecule has 7 nitrogen and oxygen atoms in total. The van der Waals surface area contributed by atoms with Crippen LogP contribution in [0.15, 0.2) is 115 Å². The lowest BCUT2D eigenvalue weighted by Crippen LogP contribution is -2.45. The van der Waals surface area contributed by atoms with Crippen molar-refractivity contribution in [3.63, 3.8) is 0 Å². The molecule has 0 unspecified atom stereocenters. The summed E-state index contributed by atoms with van der Waals surface area (Å²) in [6.07, 6.45) is 1.48. The van der Waals surface area contributed by atoms with Gasteiger partial charge >= 0.3 is 11.7 Å². The van der Waals surface area contributed by atoms with E-state index in [0.717, 1.165) is 14.4 Å². The van der Waals surface area contributed by atoms with E-state index >= 15 is 0 Å². The summed E-state index contributed by atoms with van der Waals surface area (Å²) in [6, 6.07) is 23.5. The van der Waals surface area contributed by atoms with Crippen LogP contribution >= 0.6 is 23.4 Å². The van der Waals surface area contributed by atoms with Gasteiger partial charge in [-0.2, -0.15) is 0 Å². The summed E-state index contributed by atoms with van der Waals surface area (Å²) in [5.74, 6) is -0.762. The van der Waals surface area contributed by atoms with Gasteiger partial charge in [0.2, 0.25) is 0 Å². The molecule has 0 aliphatic rings. The molecule has 37 heavy (non-hydrogen) atoms. The van der Waals surface area contributed by atoms with Crippen LogP contribution in [-0.2, 0) is 17.8 Å². The number of aliphatic carboxylic acids is 1.